The number of thioether (sulfide) groups is 1. The first-order valence-electron chi connectivity index (χ1n) is 6.30. The van der Waals surface area contributed by atoms with Crippen molar-refractivity contribution in [1.82, 2.24) is 0 Å². The molecule has 0 spiro atoms. The first kappa shape index (κ1) is 14.9. The Bertz CT molecular complexity index is 359. The molecule has 0 aromatic heterocycles. The van der Waals surface area contributed by atoms with Gasteiger partial charge >= 0.3 is 6.09 Å². The van der Waals surface area contributed by atoms with Gasteiger partial charge in [0.1, 0.15) is 6.10 Å². The van der Waals surface area contributed by atoms with Gasteiger partial charge in [0.05, 0.1) is 0 Å². The molecule has 0 saturated carbocycles. The maximum Gasteiger partial charge on any atom is 0.404 e. The average molecular weight is 267 g/mol. The van der Waals surface area contributed by atoms with E-state index in [4.69, 9.17) is 10.5 Å². The summed E-state index contributed by atoms with van der Waals surface area (Å²) in [5.74, 6) is 1.22. The summed E-state index contributed by atoms with van der Waals surface area (Å²) in [7, 11) is 0. The zero-order valence-electron chi connectivity index (χ0n) is 11.0. The number of primary amides is 1. The first-order chi connectivity index (χ1) is 8.63. The Hall–Kier alpha value is -1.16. The number of amides is 1. The quantitative estimate of drug-likeness (QED) is 0.898. The van der Waals surface area contributed by atoms with E-state index in [0.29, 0.717) is 0 Å². The van der Waals surface area contributed by atoms with E-state index < -0.39 is 6.09 Å². The van der Waals surface area contributed by atoms with Crippen molar-refractivity contribution >= 4 is 17.9 Å². The van der Waals surface area contributed by atoms with Crippen LogP contribution in [0.1, 0.15) is 38.7 Å². The molecule has 1 heterocycles. The predicted octanol–water partition coefficient (Wildman–Crippen LogP) is 3.95. The second kappa shape index (κ2) is 8.03. The molecule has 2 N–H and O–H groups in total. The lowest BCUT2D eigenvalue weighted by atomic mass is 10.2. The number of fused-ring (bicyclic) bond motifs is 1. The van der Waals surface area contributed by atoms with Crippen LogP contribution in [0.2, 0.25) is 0 Å². The molecule has 1 aromatic carbocycles. The van der Waals surface area contributed by atoms with Crippen molar-refractivity contribution in [3.05, 3.63) is 29.8 Å². The molecular weight excluding hydrogens is 246 g/mol. The summed E-state index contributed by atoms with van der Waals surface area (Å²) in [5, 5.41) is 0. The van der Waals surface area contributed by atoms with Crippen LogP contribution in [0.15, 0.2) is 29.2 Å². The van der Waals surface area contributed by atoms with Crippen molar-refractivity contribution in [3.63, 3.8) is 0 Å². The number of nitrogens with two attached hydrogens (primary N) is 1. The zero-order valence-corrected chi connectivity index (χ0v) is 11.8. The van der Waals surface area contributed by atoms with Gasteiger partial charge in [0.15, 0.2) is 0 Å². The van der Waals surface area contributed by atoms with Gasteiger partial charge in [0.25, 0.3) is 0 Å². The van der Waals surface area contributed by atoms with Gasteiger partial charge in [0, 0.05) is 10.6 Å². The van der Waals surface area contributed by atoms with E-state index in [1.165, 1.54) is 16.2 Å². The molecule has 0 saturated heterocycles. The highest BCUT2D eigenvalue weighted by molar-refractivity contribution is 7.99. The Morgan fingerprint density at radius 2 is 2.22 bits per heavy atom. The monoisotopic (exact) mass is 267 g/mol. The van der Waals surface area contributed by atoms with Gasteiger partial charge in [-0.2, -0.15) is 0 Å². The maximum absolute atomic E-state index is 10.2. The molecule has 1 amide bonds. The van der Waals surface area contributed by atoms with E-state index in [1.54, 1.807) is 0 Å². The fourth-order valence-electron chi connectivity index (χ4n) is 1.59. The highest BCUT2D eigenvalue weighted by atomic mass is 32.2. The van der Waals surface area contributed by atoms with E-state index >= 15 is 0 Å². The number of carbonyl (C=O) groups excluding carboxylic acids is 1. The van der Waals surface area contributed by atoms with Gasteiger partial charge in [-0.3, -0.25) is 0 Å². The fourth-order valence-corrected chi connectivity index (χ4v) is 2.40. The molecule has 1 aliphatic heterocycles. The normalized spacial score (nSPS) is 13.4. The zero-order chi connectivity index (χ0) is 13.4. The van der Waals surface area contributed by atoms with Crippen LogP contribution in [0.5, 0.6) is 0 Å². The Morgan fingerprint density at radius 1 is 1.50 bits per heavy atom. The van der Waals surface area contributed by atoms with Gasteiger partial charge in [0.2, 0.25) is 0 Å². The van der Waals surface area contributed by atoms with Crippen LogP contribution < -0.4 is 5.73 Å². The standard InChI is InChI=1S/C7H15NO2.C7H6S/c1-3-4-5-6(2)10-7(8)9;1-2-4-7-6(3-1)5-8-7/h6H,3-5H2,1-2H3,(H2,8,9);1-4H,5H2. The van der Waals surface area contributed by atoms with E-state index in [1.807, 2.05) is 18.7 Å². The summed E-state index contributed by atoms with van der Waals surface area (Å²) in [4.78, 5) is 11.6. The van der Waals surface area contributed by atoms with Crippen molar-refractivity contribution in [3.8, 4) is 0 Å². The molecule has 1 aliphatic rings. The third-order valence-electron chi connectivity index (χ3n) is 2.64. The van der Waals surface area contributed by atoms with Crippen LogP contribution in [0, 0.1) is 0 Å². The number of hydrogen-bond donors (Lipinski definition) is 1. The van der Waals surface area contributed by atoms with Crippen LogP contribution >= 0.6 is 11.8 Å². The topological polar surface area (TPSA) is 52.3 Å². The predicted molar refractivity (Wildman–Crippen MR) is 75.7 cm³/mol. The molecule has 0 fully saturated rings. The minimum Gasteiger partial charge on any atom is -0.447 e. The van der Waals surface area contributed by atoms with Gasteiger partial charge in [-0.05, 0) is 25.0 Å². The smallest absolute Gasteiger partial charge is 0.404 e. The molecule has 3 nitrogen and oxygen atoms in total. The van der Waals surface area contributed by atoms with Crippen molar-refractivity contribution in [1.29, 1.82) is 0 Å². The van der Waals surface area contributed by atoms with Gasteiger partial charge in [-0.1, -0.05) is 38.0 Å². The number of hydrogen-bond acceptors (Lipinski definition) is 3. The summed E-state index contributed by atoms with van der Waals surface area (Å²) in [6, 6.07) is 8.54. The maximum atomic E-state index is 10.2. The molecule has 2 rings (SSSR count). The van der Waals surface area contributed by atoms with Gasteiger partial charge in [-0.25, -0.2) is 4.79 Å². The molecule has 4 heteroatoms. The number of ether oxygens (including phenoxy) is 1. The minimum atomic E-state index is -0.677. The second-order valence-electron chi connectivity index (χ2n) is 4.29. The molecule has 1 atom stereocenters. The third-order valence-corrected chi connectivity index (χ3v) is 3.80. The molecule has 18 heavy (non-hydrogen) atoms. The first-order valence-corrected chi connectivity index (χ1v) is 7.28. The second-order valence-corrected chi connectivity index (χ2v) is 5.30. The number of carbonyl (C=O) groups is 1. The minimum absolute atomic E-state index is 0.0301. The lowest BCUT2D eigenvalue weighted by molar-refractivity contribution is 0.110. The lowest BCUT2D eigenvalue weighted by Crippen LogP contribution is -2.20. The molecule has 100 valence electrons. The highest BCUT2D eigenvalue weighted by Gasteiger charge is 2.10. The van der Waals surface area contributed by atoms with E-state index in [2.05, 4.69) is 31.2 Å². The van der Waals surface area contributed by atoms with Crippen molar-refractivity contribution in [2.24, 2.45) is 5.73 Å². The molecule has 0 bridgehead atoms. The van der Waals surface area contributed by atoms with Gasteiger partial charge < -0.3 is 10.5 Å². The summed E-state index contributed by atoms with van der Waals surface area (Å²) in [6.45, 7) is 3.94. The van der Waals surface area contributed by atoms with Crippen LogP contribution in [0.4, 0.5) is 4.79 Å². The van der Waals surface area contributed by atoms with E-state index in [9.17, 15) is 4.79 Å². The molecule has 1 unspecified atom stereocenters. The number of benzene rings is 1. The van der Waals surface area contributed by atoms with Crippen molar-refractivity contribution in [2.45, 2.75) is 49.9 Å². The van der Waals surface area contributed by atoms with Crippen molar-refractivity contribution in [2.75, 3.05) is 0 Å². The van der Waals surface area contributed by atoms with Crippen LogP contribution in [0.25, 0.3) is 0 Å². The molecule has 0 radical (unpaired) electrons. The Balaban J connectivity index is 0.000000182. The van der Waals surface area contributed by atoms with E-state index in [0.717, 1.165) is 19.3 Å². The van der Waals surface area contributed by atoms with Crippen LogP contribution in [-0.4, -0.2) is 12.2 Å². The van der Waals surface area contributed by atoms with Crippen LogP contribution in [-0.2, 0) is 10.5 Å². The summed E-state index contributed by atoms with van der Waals surface area (Å²) >= 11 is 1.93. The van der Waals surface area contributed by atoms with Crippen molar-refractivity contribution < 1.29 is 9.53 Å². The Labute approximate surface area is 113 Å². The van der Waals surface area contributed by atoms with Crippen LogP contribution in [0.3, 0.4) is 0 Å². The Kier molecular flexibility index (Phi) is 6.65. The number of rotatable bonds is 4. The lowest BCUT2D eigenvalue weighted by Gasteiger charge is -2.15. The Morgan fingerprint density at radius 3 is 2.61 bits per heavy atom. The average Bonchev–Trinajstić information content (AvgIpc) is 2.28. The van der Waals surface area contributed by atoms with Gasteiger partial charge in [-0.15, -0.1) is 11.8 Å². The highest BCUT2D eigenvalue weighted by Crippen LogP contribution is 2.36. The number of unbranched alkanes of at least 4 members (excludes halogenated alkanes) is 1. The summed E-state index contributed by atoms with van der Waals surface area (Å²) in [6.07, 6.45) is 2.39. The summed E-state index contributed by atoms with van der Waals surface area (Å²) in [5.41, 5.74) is 6.32. The summed E-state index contributed by atoms with van der Waals surface area (Å²) < 4.78 is 4.69. The molecule has 1 aromatic rings. The fraction of sp³-hybridized carbons (Fsp3) is 0.500. The molecular formula is C14H21NO2S. The SMILES string of the molecule is CCCCC(C)OC(N)=O.c1ccc2c(c1)CS2. The largest absolute Gasteiger partial charge is 0.447 e. The molecule has 0 aliphatic carbocycles. The van der Waals surface area contributed by atoms with E-state index in [-0.39, 0.29) is 6.10 Å². The third kappa shape index (κ3) is 5.45.